The van der Waals surface area contributed by atoms with E-state index in [1.165, 1.54) is 19.2 Å². The highest BCUT2D eigenvalue weighted by Crippen LogP contribution is 2.25. The van der Waals surface area contributed by atoms with E-state index in [9.17, 15) is 14.7 Å². The number of amides is 1. The third kappa shape index (κ3) is 2.53. The van der Waals surface area contributed by atoms with E-state index in [2.05, 4.69) is 0 Å². The van der Waals surface area contributed by atoms with Crippen LogP contribution in [0, 0.1) is 0 Å². The molecule has 1 heterocycles. The standard InChI is InChI=1S/C13H16N2O5/c1-20-8-2-3-10(14)9(5-8)12(17)15-6-7(16)4-11(15)13(18)19/h2-3,5,7,11,16H,4,6,14H2,1H3,(H,18,19)/t7-,11-/m0/s1. The first-order chi connectivity index (χ1) is 9.43. The number of nitrogen functional groups attached to an aromatic ring is 1. The number of likely N-dealkylation sites (tertiary alicyclic amines) is 1. The maximum absolute atomic E-state index is 12.4. The normalized spacial score (nSPS) is 21.8. The third-order valence-electron chi connectivity index (χ3n) is 3.32. The minimum Gasteiger partial charge on any atom is -0.497 e. The van der Waals surface area contributed by atoms with Gasteiger partial charge in [0.15, 0.2) is 0 Å². The molecule has 1 aliphatic heterocycles. The number of ether oxygens (including phenoxy) is 1. The summed E-state index contributed by atoms with van der Waals surface area (Å²) in [6.45, 7) is -0.0214. The number of benzene rings is 1. The first-order valence-electron chi connectivity index (χ1n) is 6.09. The summed E-state index contributed by atoms with van der Waals surface area (Å²) in [6, 6.07) is 3.55. The Labute approximate surface area is 115 Å². The number of nitrogens with two attached hydrogens (primary N) is 1. The first kappa shape index (κ1) is 14.1. The molecule has 1 aromatic carbocycles. The quantitative estimate of drug-likeness (QED) is 0.668. The number of hydrogen-bond acceptors (Lipinski definition) is 5. The SMILES string of the molecule is COc1ccc(N)c(C(=O)N2C[C@@H](O)C[C@H]2C(=O)O)c1. The monoisotopic (exact) mass is 280 g/mol. The predicted octanol–water partition coefficient (Wildman–Crippen LogP) is -0.0626. The van der Waals surface area contributed by atoms with E-state index in [0.29, 0.717) is 5.75 Å². The van der Waals surface area contributed by atoms with Crippen LogP contribution in [-0.2, 0) is 4.79 Å². The Hall–Kier alpha value is -2.28. The lowest BCUT2D eigenvalue weighted by Crippen LogP contribution is -2.40. The molecular weight excluding hydrogens is 264 g/mol. The number of carboxylic acid groups (broad SMARTS) is 1. The van der Waals surface area contributed by atoms with E-state index >= 15 is 0 Å². The van der Waals surface area contributed by atoms with Crippen molar-refractivity contribution >= 4 is 17.6 Å². The molecule has 4 N–H and O–H groups in total. The number of carbonyl (C=O) groups excluding carboxylic acids is 1. The average Bonchev–Trinajstić information content (AvgIpc) is 2.81. The van der Waals surface area contributed by atoms with Gasteiger partial charge >= 0.3 is 5.97 Å². The molecule has 1 aromatic rings. The molecule has 1 saturated heterocycles. The molecule has 7 nitrogen and oxygen atoms in total. The molecule has 0 radical (unpaired) electrons. The summed E-state index contributed by atoms with van der Waals surface area (Å²) < 4.78 is 5.03. The van der Waals surface area contributed by atoms with Crippen LogP contribution in [0.15, 0.2) is 18.2 Å². The van der Waals surface area contributed by atoms with Gasteiger partial charge in [0, 0.05) is 18.7 Å². The van der Waals surface area contributed by atoms with Gasteiger partial charge < -0.3 is 25.6 Å². The summed E-state index contributed by atoms with van der Waals surface area (Å²) in [5.74, 6) is -1.21. The summed E-state index contributed by atoms with van der Waals surface area (Å²) in [5.41, 5.74) is 6.16. The molecule has 1 amide bonds. The molecule has 1 fully saturated rings. The van der Waals surface area contributed by atoms with E-state index in [1.807, 2.05) is 0 Å². The van der Waals surface area contributed by atoms with Gasteiger partial charge in [0.2, 0.25) is 0 Å². The Morgan fingerprint density at radius 3 is 2.75 bits per heavy atom. The number of nitrogens with zero attached hydrogens (tertiary/aromatic N) is 1. The van der Waals surface area contributed by atoms with Crippen LogP contribution < -0.4 is 10.5 Å². The van der Waals surface area contributed by atoms with Crippen molar-refractivity contribution in [3.63, 3.8) is 0 Å². The molecule has 0 aliphatic carbocycles. The number of carboxylic acids is 1. The van der Waals surface area contributed by atoms with Gasteiger partial charge in [-0.3, -0.25) is 4.79 Å². The Morgan fingerprint density at radius 2 is 2.15 bits per heavy atom. The smallest absolute Gasteiger partial charge is 0.326 e. The number of β-amino-alcohol motifs (C(OH)–C–C–N with tert-alkyl or cyclic N) is 1. The second-order valence-corrected chi connectivity index (χ2v) is 4.65. The number of anilines is 1. The number of aliphatic hydroxyl groups excluding tert-OH is 1. The highest BCUT2D eigenvalue weighted by molar-refractivity contribution is 6.01. The lowest BCUT2D eigenvalue weighted by Gasteiger charge is -2.22. The zero-order chi connectivity index (χ0) is 14.9. The van der Waals surface area contributed by atoms with E-state index < -0.39 is 24.0 Å². The van der Waals surface area contributed by atoms with Crippen LogP contribution in [0.25, 0.3) is 0 Å². The highest BCUT2D eigenvalue weighted by atomic mass is 16.5. The molecule has 0 bridgehead atoms. The van der Waals surface area contributed by atoms with Gasteiger partial charge in [-0.1, -0.05) is 0 Å². The molecule has 0 aromatic heterocycles. The molecule has 0 spiro atoms. The maximum Gasteiger partial charge on any atom is 0.326 e. The van der Waals surface area contributed by atoms with E-state index in [1.54, 1.807) is 6.07 Å². The molecule has 1 aliphatic rings. The van der Waals surface area contributed by atoms with Gasteiger partial charge in [-0.05, 0) is 18.2 Å². The Kier molecular flexibility index (Phi) is 3.80. The molecule has 0 unspecified atom stereocenters. The molecule has 0 saturated carbocycles. The van der Waals surface area contributed by atoms with Crippen LogP contribution in [0.5, 0.6) is 5.75 Å². The van der Waals surface area contributed by atoms with E-state index in [-0.39, 0.29) is 24.2 Å². The van der Waals surface area contributed by atoms with Gasteiger partial charge in [0.1, 0.15) is 11.8 Å². The fraction of sp³-hybridized carbons (Fsp3) is 0.385. The Morgan fingerprint density at radius 1 is 1.45 bits per heavy atom. The van der Waals surface area contributed by atoms with Crippen molar-refractivity contribution in [3.8, 4) is 5.75 Å². The van der Waals surface area contributed by atoms with Gasteiger partial charge in [-0.2, -0.15) is 0 Å². The molecule has 2 rings (SSSR count). The number of rotatable bonds is 3. The van der Waals surface area contributed by atoms with Gasteiger partial charge in [-0.15, -0.1) is 0 Å². The highest BCUT2D eigenvalue weighted by Gasteiger charge is 2.39. The zero-order valence-electron chi connectivity index (χ0n) is 10.9. The molecule has 7 heteroatoms. The van der Waals surface area contributed by atoms with Crippen molar-refractivity contribution in [2.24, 2.45) is 0 Å². The third-order valence-corrected chi connectivity index (χ3v) is 3.32. The van der Waals surface area contributed by atoms with E-state index in [4.69, 9.17) is 15.6 Å². The Bertz CT molecular complexity index is 546. The van der Waals surface area contributed by atoms with Crippen molar-refractivity contribution in [3.05, 3.63) is 23.8 Å². The second-order valence-electron chi connectivity index (χ2n) is 4.65. The minimum absolute atomic E-state index is 0.0188. The summed E-state index contributed by atoms with van der Waals surface area (Å²) in [4.78, 5) is 24.7. The number of aliphatic hydroxyl groups is 1. The van der Waals surface area contributed by atoms with Crippen molar-refractivity contribution in [1.82, 2.24) is 4.90 Å². The lowest BCUT2D eigenvalue weighted by atomic mass is 10.1. The van der Waals surface area contributed by atoms with Crippen molar-refractivity contribution < 1.29 is 24.5 Å². The fourth-order valence-electron chi connectivity index (χ4n) is 2.27. The first-order valence-corrected chi connectivity index (χ1v) is 6.09. The van der Waals surface area contributed by atoms with Gasteiger partial charge in [-0.25, -0.2) is 4.79 Å². The van der Waals surface area contributed by atoms with Crippen LogP contribution >= 0.6 is 0 Å². The maximum atomic E-state index is 12.4. The predicted molar refractivity (Wildman–Crippen MR) is 70.5 cm³/mol. The number of methoxy groups -OCH3 is 1. The summed E-state index contributed by atoms with van der Waals surface area (Å²) in [7, 11) is 1.46. The van der Waals surface area contributed by atoms with Crippen LogP contribution in [0.1, 0.15) is 16.8 Å². The zero-order valence-corrected chi connectivity index (χ0v) is 10.9. The number of aliphatic carboxylic acids is 1. The summed E-state index contributed by atoms with van der Waals surface area (Å²) in [5, 5.41) is 18.7. The lowest BCUT2D eigenvalue weighted by molar-refractivity contribution is -0.141. The molecule has 108 valence electrons. The number of hydrogen-bond donors (Lipinski definition) is 3. The van der Waals surface area contributed by atoms with Crippen molar-refractivity contribution in [2.75, 3.05) is 19.4 Å². The van der Waals surface area contributed by atoms with Crippen LogP contribution in [0.3, 0.4) is 0 Å². The van der Waals surface area contributed by atoms with Crippen LogP contribution in [0.4, 0.5) is 5.69 Å². The van der Waals surface area contributed by atoms with Crippen LogP contribution in [-0.4, -0.2) is 52.8 Å². The largest absolute Gasteiger partial charge is 0.497 e. The summed E-state index contributed by atoms with van der Waals surface area (Å²) >= 11 is 0. The average molecular weight is 280 g/mol. The fourth-order valence-corrected chi connectivity index (χ4v) is 2.27. The molecular formula is C13H16N2O5. The van der Waals surface area contributed by atoms with E-state index in [0.717, 1.165) is 4.90 Å². The minimum atomic E-state index is -1.14. The van der Waals surface area contributed by atoms with Crippen LogP contribution in [0.2, 0.25) is 0 Å². The van der Waals surface area contributed by atoms with Gasteiger partial charge in [0.05, 0.1) is 18.8 Å². The summed E-state index contributed by atoms with van der Waals surface area (Å²) in [6.07, 6.45) is -0.822. The molecule has 2 atom stereocenters. The topological polar surface area (TPSA) is 113 Å². The second kappa shape index (κ2) is 5.38. The van der Waals surface area contributed by atoms with Crippen molar-refractivity contribution in [1.29, 1.82) is 0 Å². The Balaban J connectivity index is 2.33. The van der Waals surface area contributed by atoms with Gasteiger partial charge in [0.25, 0.3) is 5.91 Å². The number of carbonyl (C=O) groups is 2. The molecule has 20 heavy (non-hydrogen) atoms. The van der Waals surface area contributed by atoms with Crippen molar-refractivity contribution in [2.45, 2.75) is 18.6 Å².